The fourth-order valence-electron chi connectivity index (χ4n) is 1.66. The van der Waals surface area contributed by atoms with Gasteiger partial charge in [-0.1, -0.05) is 19.0 Å². The first-order valence-corrected chi connectivity index (χ1v) is 6.70. The topological polar surface area (TPSA) is 87.1 Å². The van der Waals surface area contributed by atoms with Gasteiger partial charge in [-0.25, -0.2) is 0 Å². The predicted molar refractivity (Wildman–Crippen MR) is 74.3 cm³/mol. The lowest BCUT2D eigenvalue weighted by molar-refractivity contribution is 0.283. The highest BCUT2D eigenvalue weighted by Gasteiger charge is 2.10. The Bertz CT molecular complexity index is 534. The van der Waals surface area contributed by atoms with E-state index < -0.39 is 0 Å². The molecule has 1 unspecified atom stereocenters. The van der Waals surface area contributed by atoms with Crippen molar-refractivity contribution in [3.05, 3.63) is 35.7 Å². The zero-order valence-corrected chi connectivity index (χ0v) is 12.0. The summed E-state index contributed by atoms with van der Waals surface area (Å²) in [4.78, 5) is 8.54. The molecular formula is C14H20N4O2. The fourth-order valence-corrected chi connectivity index (χ4v) is 1.66. The van der Waals surface area contributed by atoms with Gasteiger partial charge in [-0.05, 0) is 19.1 Å². The minimum Gasteiger partial charge on any atom is -0.484 e. The van der Waals surface area contributed by atoms with Crippen LogP contribution in [-0.2, 0) is 13.0 Å². The van der Waals surface area contributed by atoms with Crippen LogP contribution in [0, 0.1) is 0 Å². The second kappa shape index (κ2) is 6.47. The Labute approximate surface area is 118 Å². The van der Waals surface area contributed by atoms with E-state index >= 15 is 0 Å². The van der Waals surface area contributed by atoms with Crippen molar-refractivity contribution in [2.45, 2.75) is 45.8 Å². The van der Waals surface area contributed by atoms with Crippen LogP contribution in [0.15, 0.2) is 22.9 Å². The number of pyridine rings is 1. The Kier molecular flexibility index (Phi) is 4.68. The van der Waals surface area contributed by atoms with Crippen molar-refractivity contribution >= 4 is 0 Å². The Morgan fingerprint density at radius 3 is 2.65 bits per heavy atom. The third kappa shape index (κ3) is 4.03. The molecule has 0 aliphatic carbocycles. The molecule has 20 heavy (non-hydrogen) atoms. The fraction of sp³-hybridized carbons (Fsp3) is 0.500. The first-order chi connectivity index (χ1) is 9.54. The maximum Gasteiger partial charge on any atom is 0.229 e. The molecule has 108 valence electrons. The molecule has 0 aliphatic rings. The zero-order chi connectivity index (χ0) is 14.5. The largest absolute Gasteiger partial charge is 0.484 e. The number of rotatable bonds is 6. The number of nitrogens with two attached hydrogens (primary N) is 1. The smallest absolute Gasteiger partial charge is 0.229 e. The van der Waals surface area contributed by atoms with Gasteiger partial charge in [0.15, 0.2) is 6.61 Å². The molecule has 0 fully saturated rings. The van der Waals surface area contributed by atoms with Crippen LogP contribution in [0.3, 0.4) is 0 Å². The lowest BCUT2D eigenvalue weighted by atomic mass is 10.2. The highest BCUT2D eigenvalue weighted by molar-refractivity contribution is 5.20. The molecule has 0 radical (unpaired) electrons. The first kappa shape index (κ1) is 14.5. The van der Waals surface area contributed by atoms with E-state index in [1.807, 2.05) is 32.9 Å². The summed E-state index contributed by atoms with van der Waals surface area (Å²) in [5.74, 6) is 2.05. The molecule has 2 aromatic heterocycles. The first-order valence-electron chi connectivity index (χ1n) is 6.70. The van der Waals surface area contributed by atoms with E-state index in [1.165, 1.54) is 0 Å². The van der Waals surface area contributed by atoms with E-state index in [9.17, 15) is 0 Å². The number of hydrogen-bond acceptors (Lipinski definition) is 6. The van der Waals surface area contributed by atoms with E-state index in [0.29, 0.717) is 17.5 Å². The van der Waals surface area contributed by atoms with E-state index in [-0.39, 0.29) is 18.6 Å². The average molecular weight is 276 g/mol. The van der Waals surface area contributed by atoms with E-state index in [4.69, 9.17) is 15.0 Å². The molecule has 0 aliphatic heterocycles. The van der Waals surface area contributed by atoms with Crippen LogP contribution in [0.2, 0.25) is 0 Å². The number of aromatic nitrogens is 3. The molecule has 0 spiro atoms. The van der Waals surface area contributed by atoms with Gasteiger partial charge in [-0.2, -0.15) is 4.98 Å². The lowest BCUT2D eigenvalue weighted by Gasteiger charge is -2.06. The Morgan fingerprint density at radius 2 is 2.10 bits per heavy atom. The quantitative estimate of drug-likeness (QED) is 0.869. The summed E-state index contributed by atoms with van der Waals surface area (Å²) < 4.78 is 10.7. The third-order valence-corrected chi connectivity index (χ3v) is 2.67. The van der Waals surface area contributed by atoms with Gasteiger partial charge in [-0.15, -0.1) is 0 Å². The van der Waals surface area contributed by atoms with Crippen LogP contribution in [0.5, 0.6) is 5.75 Å². The van der Waals surface area contributed by atoms with Crippen molar-refractivity contribution in [1.82, 2.24) is 15.1 Å². The predicted octanol–water partition coefficient (Wildman–Crippen LogP) is 2.06. The summed E-state index contributed by atoms with van der Waals surface area (Å²) >= 11 is 0. The molecule has 1 atom stereocenters. The molecule has 2 aromatic rings. The minimum atomic E-state index is 0.100. The maximum absolute atomic E-state index is 5.73. The second-order valence-corrected chi connectivity index (χ2v) is 5.16. The summed E-state index contributed by atoms with van der Waals surface area (Å²) in [7, 11) is 0. The maximum atomic E-state index is 5.73. The summed E-state index contributed by atoms with van der Waals surface area (Å²) in [6.45, 7) is 6.22. The van der Waals surface area contributed by atoms with Gasteiger partial charge in [0.05, 0.1) is 6.20 Å². The Balaban J connectivity index is 1.90. The molecule has 0 bridgehead atoms. The summed E-state index contributed by atoms with van der Waals surface area (Å²) in [6.07, 6.45) is 2.43. The van der Waals surface area contributed by atoms with Crippen LogP contribution in [-0.4, -0.2) is 21.2 Å². The standard InChI is InChI=1S/C14H20N4O2/c1-9(2)14-17-13(18-20-14)8-19-12-5-4-11(16-7-12)6-10(3)15/h4-5,7,9-10H,6,8,15H2,1-3H3. The van der Waals surface area contributed by atoms with Gasteiger partial charge in [-0.3, -0.25) is 4.98 Å². The van der Waals surface area contributed by atoms with Crippen molar-refractivity contribution in [2.75, 3.05) is 0 Å². The summed E-state index contributed by atoms with van der Waals surface area (Å²) in [5, 5.41) is 3.86. The van der Waals surface area contributed by atoms with Crippen molar-refractivity contribution in [2.24, 2.45) is 5.73 Å². The zero-order valence-electron chi connectivity index (χ0n) is 12.0. The van der Waals surface area contributed by atoms with Gasteiger partial charge in [0, 0.05) is 24.1 Å². The highest BCUT2D eigenvalue weighted by atomic mass is 16.5. The summed E-state index contributed by atoms with van der Waals surface area (Å²) in [6, 6.07) is 3.88. The van der Waals surface area contributed by atoms with Crippen LogP contribution in [0.25, 0.3) is 0 Å². The molecule has 0 aromatic carbocycles. The molecule has 2 N–H and O–H groups in total. The van der Waals surface area contributed by atoms with Gasteiger partial charge >= 0.3 is 0 Å². The van der Waals surface area contributed by atoms with E-state index in [1.54, 1.807) is 6.20 Å². The normalized spacial score (nSPS) is 12.7. The highest BCUT2D eigenvalue weighted by Crippen LogP contribution is 2.14. The SMILES string of the molecule is CC(N)Cc1ccc(OCc2noc(C(C)C)n2)cn1. The van der Waals surface area contributed by atoms with Crippen LogP contribution < -0.4 is 10.5 Å². The van der Waals surface area contributed by atoms with Crippen molar-refractivity contribution in [1.29, 1.82) is 0 Å². The van der Waals surface area contributed by atoms with Gasteiger partial charge in [0.2, 0.25) is 11.7 Å². The second-order valence-electron chi connectivity index (χ2n) is 5.16. The van der Waals surface area contributed by atoms with Crippen LogP contribution in [0.1, 0.15) is 44.1 Å². The number of ether oxygens (including phenoxy) is 1. The molecule has 2 heterocycles. The Morgan fingerprint density at radius 1 is 1.30 bits per heavy atom. The van der Waals surface area contributed by atoms with Gasteiger partial charge < -0.3 is 15.0 Å². The van der Waals surface area contributed by atoms with Crippen molar-refractivity contribution < 1.29 is 9.26 Å². The van der Waals surface area contributed by atoms with Crippen molar-refractivity contribution in [3.8, 4) is 5.75 Å². The molecule has 0 saturated heterocycles. The minimum absolute atomic E-state index is 0.100. The molecule has 2 rings (SSSR count). The lowest BCUT2D eigenvalue weighted by Crippen LogP contribution is -2.18. The monoisotopic (exact) mass is 276 g/mol. The third-order valence-electron chi connectivity index (χ3n) is 2.67. The number of hydrogen-bond donors (Lipinski definition) is 1. The van der Waals surface area contributed by atoms with Gasteiger partial charge in [0.25, 0.3) is 0 Å². The molecular weight excluding hydrogens is 256 g/mol. The van der Waals surface area contributed by atoms with Crippen molar-refractivity contribution in [3.63, 3.8) is 0 Å². The molecule has 0 amide bonds. The molecule has 6 nitrogen and oxygen atoms in total. The average Bonchev–Trinajstić information content (AvgIpc) is 2.86. The van der Waals surface area contributed by atoms with Crippen LogP contribution >= 0.6 is 0 Å². The van der Waals surface area contributed by atoms with Gasteiger partial charge in [0.1, 0.15) is 5.75 Å². The van der Waals surface area contributed by atoms with E-state index in [2.05, 4.69) is 15.1 Å². The Hall–Kier alpha value is -1.95. The van der Waals surface area contributed by atoms with Crippen LogP contribution in [0.4, 0.5) is 0 Å². The number of nitrogens with zero attached hydrogens (tertiary/aromatic N) is 3. The molecule has 0 saturated carbocycles. The van der Waals surface area contributed by atoms with E-state index in [0.717, 1.165) is 12.1 Å². The summed E-state index contributed by atoms with van der Waals surface area (Å²) in [5.41, 5.74) is 6.68. The molecule has 6 heteroatoms.